The quantitative estimate of drug-likeness (QED) is 0.859. The van der Waals surface area contributed by atoms with E-state index < -0.39 is 0 Å². The van der Waals surface area contributed by atoms with Gasteiger partial charge in [-0.05, 0) is 42.2 Å². The van der Waals surface area contributed by atoms with E-state index in [-0.39, 0.29) is 11.9 Å². The summed E-state index contributed by atoms with van der Waals surface area (Å²) in [5, 5.41) is 3.01. The van der Waals surface area contributed by atoms with Crippen molar-refractivity contribution in [3.05, 3.63) is 59.2 Å². The number of ether oxygens (including phenoxy) is 2. The van der Waals surface area contributed by atoms with Gasteiger partial charge in [-0.3, -0.25) is 4.79 Å². The summed E-state index contributed by atoms with van der Waals surface area (Å²) in [7, 11) is 3.12. The van der Waals surface area contributed by atoms with Crippen LogP contribution in [0.25, 0.3) is 0 Å². The van der Waals surface area contributed by atoms with Gasteiger partial charge in [0.15, 0.2) is 11.5 Å². The van der Waals surface area contributed by atoms with E-state index in [0.717, 1.165) is 5.56 Å². The Morgan fingerprint density at radius 1 is 0.875 bits per heavy atom. The van der Waals surface area contributed by atoms with Crippen LogP contribution in [-0.2, 0) is 0 Å². The minimum absolute atomic E-state index is 0.0770. The van der Waals surface area contributed by atoms with Crippen molar-refractivity contribution in [2.45, 2.75) is 32.7 Å². The second-order valence-corrected chi connectivity index (χ2v) is 6.09. The number of amides is 1. The van der Waals surface area contributed by atoms with Crippen LogP contribution >= 0.6 is 0 Å². The molecular formula is C20H25NO3. The van der Waals surface area contributed by atoms with Gasteiger partial charge in [0.05, 0.1) is 20.3 Å². The number of rotatable bonds is 6. The lowest BCUT2D eigenvalue weighted by Crippen LogP contribution is -2.26. The Kier molecular flexibility index (Phi) is 5.85. The highest BCUT2D eigenvalue weighted by molar-refractivity contribution is 5.95. The number of methoxy groups -OCH3 is 2. The Labute approximate surface area is 143 Å². The van der Waals surface area contributed by atoms with Gasteiger partial charge in [-0.25, -0.2) is 0 Å². The van der Waals surface area contributed by atoms with Crippen LogP contribution < -0.4 is 14.8 Å². The van der Waals surface area contributed by atoms with E-state index in [2.05, 4.69) is 43.4 Å². The molecule has 0 aliphatic heterocycles. The van der Waals surface area contributed by atoms with Gasteiger partial charge in [0.1, 0.15) is 0 Å². The molecule has 0 fully saturated rings. The van der Waals surface area contributed by atoms with E-state index in [1.165, 1.54) is 5.56 Å². The van der Waals surface area contributed by atoms with Gasteiger partial charge in [-0.1, -0.05) is 38.1 Å². The summed E-state index contributed by atoms with van der Waals surface area (Å²) in [6, 6.07) is 13.4. The van der Waals surface area contributed by atoms with E-state index in [0.29, 0.717) is 23.0 Å². The van der Waals surface area contributed by atoms with Crippen LogP contribution in [0, 0.1) is 0 Å². The maximum Gasteiger partial charge on any atom is 0.251 e. The molecule has 4 heteroatoms. The molecule has 1 amide bonds. The topological polar surface area (TPSA) is 47.6 Å². The Bertz CT molecular complexity index is 693. The predicted molar refractivity (Wildman–Crippen MR) is 96.0 cm³/mol. The van der Waals surface area contributed by atoms with Crippen molar-refractivity contribution in [1.29, 1.82) is 0 Å². The van der Waals surface area contributed by atoms with Crippen molar-refractivity contribution in [2.75, 3.05) is 14.2 Å². The van der Waals surface area contributed by atoms with Crippen LogP contribution in [-0.4, -0.2) is 20.1 Å². The van der Waals surface area contributed by atoms with E-state index >= 15 is 0 Å². The zero-order chi connectivity index (χ0) is 17.7. The third kappa shape index (κ3) is 4.07. The van der Waals surface area contributed by atoms with E-state index in [1.54, 1.807) is 32.4 Å². The predicted octanol–water partition coefficient (Wildman–Crippen LogP) is 4.32. The Morgan fingerprint density at radius 2 is 1.46 bits per heavy atom. The second kappa shape index (κ2) is 7.86. The summed E-state index contributed by atoms with van der Waals surface area (Å²) < 4.78 is 10.4. The van der Waals surface area contributed by atoms with Gasteiger partial charge in [-0.15, -0.1) is 0 Å². The molecule has 1 N–H and O–H groups in total. The van der Waals surface area contributed by atoms with Crippen molar-refractivity contribution < 1.29 is 14.3 Å². The van der Waals surface area contributed by atoms with Gasteiger partial charge in [0, 0.05) is 5.56 Å². The van der Waals surface area contributed by atoms with Crippen LogP contribution in [0.15, 0.2) is 42.5 Å². The third-order valence-corrected chi connectivity index (χ3v) is 4.10. The fraction of sp³-hybridized carbons (Fsp3) is 0.350. The minimum Gasteiger partial charge on any atom is -0.493 e. The molecule has 0 aliphatic carbocycles. The Morgan fingerprint density at radius 3 is 2.00 bits per heavy atom. The van der Waals surface area contributed by atoms with Crippen LogP contribution in [0.3, 0.4) is 0 Å². The average Bonchev–Trinajstić information content (AvgIpc) is 2.60. The number of carbonyl (C=O) groups excluding carboxylic acids is 1. The first-order valence-corrected chi connectivity index (χ1v) is 8.09. The highest BCUT2D eigenvalue weighted by atomic mass is 16.5. The van der Waals surface area contributed by atoms with Gasteiger partial charge in [-0.2, -0.15) is 0 Å². The third-order valence-electron chi connectivity index (χ3n) is 4.10. The van der Waals surface area contributed by atoms with E-state index in [9.17, 15) is 4.79 Å². The lowest BCUT2D eigenvalue weighted by atomic mass is 9.99. The zero-order valence-electron chi connectivity index (χ0n) is 14.9. The molecule has 24 heavy (non-hydrogen) atoms. The largest absolute Gasteiger partial charge is 0.493 e. The molecule has 0 saturated carbocycles. The van der Waals surface area contributed by atoms with Crippen molar-refractivity contribution in [1.82, 2.24) is 5.32 Å². The van der Waals surface area contributed by atoms with E-state index in [1.807, 2.05) is 6.92 Å². The monoisotopic (exact) mass is 327 g/mol. The van der Waals surface area contributed by atoms with Gasteiger partial charge < -0.3 is 14.8 Å². The van der Waals surface area contributed by atoms with Crippen molar-refractivity contribution in [3.8, 4) is 11.5 Å². The number of carbonyl (C=O) groups is 1. The summed E-state index contributed by atoms with van der Waals surface area (Å²) in [6.07, 6.45) is 0. The van der Waals surface area contributed by atoms with Crippen molar-refractivity contribution >= 4 is 5.91 Å². The normalized spacial score (nSPS) is 11.9. The number of hydrogen-bond acceptors (Lipinski definition) is 3. The summed E-state index contributed by atoms with van der Waals surface area (Å²) in [5.74, 6) is 1.50. The van der Waals surface area contributed by atoms with Crippen LogP contribution in [0.2, 0.25) is 0 Å². The standard InChI is InChI=1S/C20H25NO3/c1-13(2)15-6-8-16(9-7-15)14(3)21-20(22)17-10-11-18(23-4)19(12-17)24-5/h6-14H,1-5H3,(H,21,22). The summed E-state index contributed by atoms with van der Waals surface area (Å²) in [4.78, 5) is 12.5. The summed E-state index contributed by atoms with van der Waals surface area (Å²) in [5.41, 5.74) is 2.91. The Hall–Kier alpha value is -2.49. The highest BCUT2D eigenvalue weighted by Crippen LogP contribution is 2.28. The maximum absolute atomic E-state index is 12.5. The molecule has 0 spiro atoms. The van der Waals surface area contributed by atoms with Gasteiger partial charge in [0.25, 0.3) is 5.91 Å². The van der Waals surface area contributed by atoms with Gasteiger partial charge in [0.2, 0.25) is 0 Å². The second-order valence-electron chi connectivity index (χ2n) is 6.09. The summed E-state index contributed by atoms with van der Waals surface area (Å²) in [6.45, 7) is 6.30. The lowest BCUT2D eigenvalue weighted by molar-refractivity contribution is 0.0939. The first kappa shape index (κ1) is 17.9. The molecule has 128 valence electrons. The Balaban J connectivity index is 2.11. The van der Waals surface area contributed by atoms with Crippen molar-refractivity contribution in [3.63, 3.8) is 0 Å². The molecule has 0 bridgehead atoms. The van der Waals surface area contributed by atoms with Crippen LogP contribution in [0.1, 0.15) is 54.2 Å². The summed E-state index contributed by atoms with van der Waals surface area (Å²) >= 11 is 0. The molecule has 4 nitrogen and oxygen atoms in total. The number of nitrogens with one attached hydrogen (secondary N) is 1. The first-order chi connectivity index (χ1) is 11.5. The SMILES string of the molecule is COc1ccc(C(=O)NC(C)c2ccc(C(C)C)cc2)cc1OC. The van der Waals surface area contributed by atoms with Crippen molar-refractivity contribution in [2.24, 2.45) is 0 Å². The van der Waals surface area contributed by atoms with Crippen LogP contribution in [0.4, 0.5) is 0 Å². The molecule has 1 unspecified atom stereocenters. The zero-order valence-corrected chi connectivity index (χ0v) is 14.9. The number of hydrogen-bond donors (Lipinski definition) is 1. The van der Waals surface area contributed by atoms with E-state index in [4.69, 9.17) is 9.47 Å². The smallest absolute Gasteiger partial charge is 0.251 e. The molecule has 2 aromatic rings. The number of benzene rings is 2. The average molecular weight is 327 g/mol. The molecule has 1 atom stereocenters. The van der Waals surface area contributed by atoms with Crippen LogP contribution in [0.5, 0.6) is 11.5 Å². The molecule has 0 radical (unpaired) electrons. The molecule has 2 rings (SSSR count). The molecular weight excluding hydrogens is 302 g/mol. The molecule has 0 heterocycles. The molecule has 0 saturated heterocycles. The lowest BCUT2D eigenvalue weighted by Gasteiger charge is -2.16. The highest BCUT2D eigenvalue weighted by Gasteiger charge is 2.14. The fourth-order valence-electron chi connectivity index (χ4n) is 2.51. The van der Waals surface area contributed by atoms with Gasteiger partial charge >= 0.3 is 0 Å². The molecule has 2 aromatic carbocycles. The fourth-order valence-corrected chi connectivity index (χ4v) is 2.51. The maximum atomic E-state index is 12.5. The first-order valence-electron chi connectivity index (χ1n) is 8.09. The minimum atomic E-state index is -0.142. The molecule has 0 aromatic heterocycles. The molecule has 0 aliphatic rings.